The largest absolute Gasteiger partial charge is 0.368 e. The van der Waals surface area contributed by atoms with Crippen LogP contribution in [0.15, 0.2) is 18.7 Å². The van der Waals surface area contributed by atoms with Crippen molar-refractivity contribution in [2.45, 2.75) is 13.3 Å². The Kier molecular flexibility index (Phi) is 5.04. The molecule has 2 aromatic rings. The molecule has 0 amide bonds. The lowest BCUT2D eigenvalue weighted by Gasteiger charge is -2.22. The Balaban J connectivity index is 2.17. The van der Waals surface area contributed by atoms with E-state index in [2.05, 4.69) is 50.8 Å². The quantitative estimate of drug-likeness (QED) is 0.790. The van der Waals surface area contributed by atoms with Crippen LogP contribution in [-0.4, -0.2) is 63.1 Å². The molecule has 0 aliphatic carbocycles. The summed E-state index contributed by atoms with van der Waals surface area (Å²) < 4.78 is 1.72. The summed E-state index contributed by atoms with van der Waals surface area (Å²) in [4.78, 5) is 21.1. The molecule has 0 aromatic carbocycles. The molecule has 0 fully saturated rings. The van der Waals surface area contributed by atoms with Gasteiger partial charge in [-0.1, -0.05) is 0 Å². The molecule has 0 unspecified atom stereocenters. The third-order valence-corrected chi connectivity index (χ3v) is 3.06. The van der Waals surface area contributed by atoms with Crippen molar-refractivity contribution >= 4 is 11.9 Å². The van der Waals surface area contributed by atoms with Crippen LogP contribution < -0.4 is 10.6 Å². The van der Waals surface area contributed by atoms with Gasteiger partial charge in [-0.05, 0) is 34.0 Å². The normalized spacial score (nSPS) is 11.0. The van der Waals surface area contributed by atoms with Gasteiger partial charge in [0.1, 0.15) is 6.33 Å². The van der Waals surface area contributed by atoms with Crippen LogP contribution in [0.4, 0.5) is 11.9 Å². The molecule has 0 saturated heterocycles. The maximum atomic E-state index is 5.80. The van der Waals surface area contributed by atoms with Crippen molar-refractivity contribution in [2.24, 2.45) is 0 Å². The second-order valence-electron chi connectivity index (χ2n) is 5.00. The summed E-state index contributed by atoms with van der Waals surface area (Å²) in [5.74, 6) is 1.31. The Morgan fingerprint density at radius 1 is 1.19 bits per heavy atom. The molecule has 114 valence electrons. The monoisotopic (exact) mass is 290 g/mol. The highest BCUT2D eigenvalue weighted by Gasteiger charge is 2.12. The molecule has 0 atom stereocenters. The van der Waals surface area contributed by atoms with Gasteiger partial charge < -0.3 is 15.5 Å². The van der Waals surface area contributed by atoms with Gasteiger partial charge in [-0.25, -0.2) is 4.98 Å². The minimum atomic E-state index is 0.217. The minimum Gasteiger partial charge on any atom is -0.368 e. The van der Waals surface area contributed by atoms with Crippen LogP contribution in [0, 0.1) is 0 Å². The van der Waals surface area contributed by atoms with Crippen LogP contribution in [0.5, 0.6) is 0 Å². The number of imidazole rings is 1. The first kappa shape index (κ1) is 15.2. The van der Waals surface area contributed by atoms with Crippen LogP contribution in [-0.2, 0) is 0 Å². The summed E-state index contributed by atoms with van der Waals surface area (Å²) in [6.45, 7) is 4.79. The lowest BCUT2D eigenvalue weighted by Crippen LogP contribution is -2.29. The lowest BCUT2D eigenvalue weighted by molar-refractivity contribution is 0.400. The van der Waals surface area contributed by atoms with E-state index in [-0.39, 0.29) is 5.95 Å². The number of nitrogens with two attached hydrogens (primary N) is 1. The zero-order valence-electron chi connectivity index (χ0n) is 12.8. The number of nitrogen functional groups attached to an aromatic ring is 1. The first-order valence-corrected chi connectivity index (χ1v) is 6.99. The van der Waals surface area contributed by atoms with Crippen LogP contribution in [0.2, 0.25) is 0 Å². The molecular weight excluding hydrogens is 268 g/mol. The zero-order valence-corrected chi connectivity index (χ0v) is 12.8. The predicted molar refractivity (Wildman–Crippen MR) is 82.4 cm³/mol. The SMILES string of the molecule is CCN(CCCN(C)C)c1nc(N)nc(-n2ccnc2)n1. The van der Waals surface area contributed by atoms with Gasteiger partial charge in [-0.2, -0.15) is 15.0 Å². The van der Waals surface area contributed by atoms with Crippen molar-refractivity contribution in [3.05, 3.63) is 18.7 Å². The molecule has 2 N–H and O–H groups in total. The fourth-order valence-corrected chi connectivity index (χ4v) is 1.98. The van der Waals surface area contributed by atoms with E-state index in [4.69, 9.17) is 5.73 Å². The smallest absolute Gasteiger partial charge is 0.241 e. The highest BCUT2D eigenvalue weighted by atomic mass is 15.3. The van der Waals surface area contributed by atoms with Gasteiger partial charge in [0, 0.05) is 25.5 Å². The Morgan fingerprint density at radius 3 is 2.62 bits per heavy atom. The summed E-state index contributed by atoms with van der Waals surface area (Å²) in [6, 6.07) is 0. The summed E-state index contributed by atoms with van der Waals surface area (Å²) in [6.07, 6.45) is 6.13. The van der Waals surface area contributed by atoms with Crippen LogP contribution in [0.1, 0.15) is 13.3 Å². The molecule has 2 heterocycles. The van der Waals surface area contributed by atoms with Gasteiger partial charge in [0.15, 0.2) is 0 Å². The van der Waals surface area contributed by atoms with E-state index in [0.717, 1.165) is 26.1 Å². The molecule has 0 aliphatic rings. The van der Waals surface area contributed by atoms with Crippen molar-refractivity contribution in [1.29, 1.82) is 0 Å². The number of hydrogen-bond acceptors (Lipinski definition) is 7. The highest BCUT2D eigenvalue weighted by Crippen LogP contribution is 2.12. The van der Waals surface area contributed by atoms with E-state index in [1.807, 2.05) is 0 Å². The maximum Gasteiger partial charge on any atom is 0.241 e. The Bertz CT molecular complexity index is 551. The van der Waals surface area contributed by atoms with Crippen LogP contribution in [0.3, 0.4) is 0 Å². The molecule has 0 spiro atoms. The Hall–Kier alpha value is -2.22. The van der Waals surface area contributed by atoms with Crippen LogP contribution >= 0.6 is 0 Å². The molecule has 0 aliphatic heterocycles. The van der Waals surface area contributed by atoms with Crippen molar-refractivity contribution in [2.75, 3.05) is 44.4 Å². The van der Waals surface area contributed by atoms with Crippen molar-refractivity contribution in [1.82, 2.24) is 29.4 Å². The molecular formula is C13H22N8. The Morgan fingerprint density at radius 2 is 2.00 bits per heavy atom. The number of aromatic nitrogens is 5. The predicted octanol–water partition coefficient (Wildman–Crippen LogP) is 0.418. The second kappa shape index (κ2) is 6.98. The third-order valence-electron chi connectivity index (χ3n) is 3.06. The van der Waals surface area contributed by atoms with Gasteiger partial charge in [-0.3, -0.25) is 4.57 Å². The minimum absolute atomic E-state index is 0.217. The molecule has 8 heteroatoms. The summed E-state index contributed by atoms with van der Waals surface area (Å²) in [7, 11) is 4.13. The van der Waals surface area contributed by atoms with E-state index in [9.17, 15) is 0 Å². The molecule has 2 aromatic heterocycles. The highest BCUT2D eigenvalue weighted by molar-refractivity contribution is 5.37. The summed E-state index contributed by atoms with van der Waals surface area (Å²) in [5.41, 5.74) is 5.80. The van der Waals surface area contributed by atoms with Crippen LogP contribution in [0.25, 0.3) is 5.95 Å². The van der Waals surface area contributed by atoms with Gasteiger partial charge in [-0.15, -0.1) is 0 Å². The molecule has 21 heavy (non-hydrogen) atoms. The molecule has 0 saturated carbocycles. The Labute approximate surface area is 124 Å². The fraction of sp³-hybridized carbons (Fsp3) is 0.538. The van der Waals surface area contributed by atoms with Crippen molar-refractivity contribution in [3.8, 4) is 5.95 Å². The number of nitrogens with zero attached hydrogens (tertiary/aromatic N) is 7. The average Bonchev–Trinajstić information content (AvgIpc) is 2.96. The molecule has 8 nitrogen and oxygen atoms in total. The zero-order chi connectivity index (χ0) is 15.2. The number of anilines is 2. The van der Waals surface area contributed by atoms with Gasteiger partial charge >= 0.3 is 0 Å². The van der Waals surface area contributed by atoms with E-state index >= 15 is 0 Å². The maximum absolute atomic E-state index is 5.80. The second-order valence-corrected chi connectivity index (χ2v) is 5.00. The summed E-state index contributed by atoms with van der Waals surface area (Å²) >= 11 is 0. The van der Waals surface area contributed by atoms with E-state index in [1.54, 1.807) is 23.3 Å². The third kappa shape index (κ3) is 4.12. The first-order valence-electron chi connectivity index (χ1n) is 6.99. The molecule has 2 rings (SSSR count). The van der Waals surface area contributed by atoms with E-state index in [0.29, 0.717) is 11.9 Å². The van der Waals surface area contributed by atoms with Gasteiger partial charge in [0.25, 0.3) is 0 Å². The molecule has 0 bridgehead atoms. The van der Waals surface area contributed by atoms with Gasteiger partial charge in [0.2, 0.25) is 17.8 Å². The first-order chi connectivity index (χ1) is 10.1. The molecule has 0 radical (unpaired) electrons. The van der Waals surface area contributed by atoms with E-state index < -0.39 is 0 Å². The van der Waals surface area contributed by atoms with Crippen molar-refractivity contribution < 1.29 is 0 Å². The average molecular weight is 290 g/mol. The van der Waals surface area contributed by atoms with E-state index in [1.165, 1.54) is 0 Å². The topological polar surface area (TPSA) is 89.0 Å². The van der Waals surface area contributed by atoms with Gasteiger partial charge in [0.05, 0.1) is 0 Å². The van der Waals surface area contributed by atoms with Crippen molar-refractivity contribution in [3.63, 3.8) is 0 Å². The lowest BCUT2D eigenvalue weighted by atomic mass is 10.3. The fourth-order valence-electron chi connectivity index (χ4n) is 1.98. The number of rotatable bonds is 7. The summed E-state index contributed by atoms with van der Waals surface area (Å²) in [5, 5.41) is 0. The number of hydrogen-bond donors (Lipinski definition) is 1. The standard InChI is InChI=1S/C13H22N8/c1-4-20(8-5-7-19(2)3)12-16-11(14)17-13(18-12)21-9-6-15-10-21/h6,9-10H,4-5,7-8H2,1-3H3,(H2,14,16,17,18).